The van der Waals surface area contributed by atoms with E-state index >= 15 is 0 Å². The molecule has 0 radical (unpaired) electrons. The molecule has 1 aliphatic heterocycles. The highest BCUT2D eigenvalue weighted by molar-refractivity contribution is 5.35. The van der Waals surface area contributed by atoms with Crippen molar-refractivity contribution in [2.24, 2.45) is 0 Å². The summed E-state index contributed by atoms with van der Waals surface area (Å²) < 4.78 is 13.3. The van der Waals surface area contributed by atoms with Crippen molar-refractivity contribution in [3.05, 3.63) is 39.7 Å². The molecule has 1 aromatic rings. The third kappa shape index (κ3) is 3.02. The highest BCUT2D eigenvalue weighted by Crippen LogP contribution is 2.18. The van der Waals surface area contributed by atoms with Crippen LogP contribution in [0.4, 0.5) is 10.1 Å². The minimum atomic E-state index is -0.562. The number of rotatable bonds is 3. The van der Waals surface area contributed by atoms with Gasteiger partial charge in [0.05, 0.1) is 11.0 Å². The Kier molecular flexibility index (Phi) is 3.88. The summed E-state index contributed by atoms with van der Waals surface area (Å²) >= 11 is 0. The molecule has 1 fully saturated rings. The average Bonchev–Trinajstić information content (AvgIpc) is 2.31. The zero-order valence-corrected chi connectivity index (χ0v) is 10.2. The summed E-state index contributed by atoms with van der Waals surface area (Å²) in [7, 11) is 0. The number of benzene rings is 1. The van der Waals surface area contributed by atoms with Gasteiger partial charge in [-0.1, -0.05) is 0 Å². The summed E-state index contributed by atoms with van der Waals surface area (Å²) in [5.74, 6) is -0.554. The maximum absolute atomic E-state index is 13.3. The van der Waals surface area contributed by atoms with Gasteiger partial charge in [-0.2, -0.15) is 0 Å². The maximum atomic E-state index is 13.3. The van der Waals surface area contributed by atoms with Gasteiger partial charge in [-0.05, 0) is 18.6 Å². The zero-order valence-electron chi connectivity index (χ0n) is 10.2. The smallest absolute Gasteiger partial charge is 0.272 e. The first kappa shape index (κ1) is 12.9. The van der Waals surface area contributed by atoms with Crippen LogP contribution < -0.4 is 5.32 Å². The van der Waals surface area contributed by atoms with Gasteiger partial charge in [0.1, 0.15) is 5.82 Å². The number of nitro groups is 1. The van der Waals surface area contributed by atoms with Gasteiger partial charge in [0.2, 0.25) is 0 Å². The van der Waals surface area contributed by atoms with E-state index in [2.05, 4.69) is 17.1 Å². The van der Waals surface area contributed by atoms with Gasteiger partial charge < -0.3 is 5.32 Å². The van der Waals surface area contributed by atoms with Crippen molar-refractivity contribution in [2.45, 2.75) is 19.5 Å². The fourth-order valence-corrected chi connectivity index (χ4v) is 2.18. The van der Waals surface area contributed by atoms with Crippen LogP contribution in [0.1, 0.15) is 12.5 Å². The molecule has 5 nitrogen and oxygen atoms in total. The third-order valence-electron chi connectivity index (χ3n) is 3.18. The van der Waals surface area contributed by atoms with Crippen LogP contribution in [0.2, 0.25) is 0 Å². The lowest BCUT2D eigenvalue weighted by Crippen LogP contribution is -2.49. The molecule has 1 aromatic carbocycles. The van der Waals surface area contributed by atoms with Crippen molar-refractivity contribution in [3.8, 4) is 0 Å². The van der Waals surface area contributed by atoms with E-state index in [0.717, 1.165) is 25.7 Å². The molecular weight excluding hydrogens is 237 g/mol. The van der Waals surface area contributed by atoms with Gasteiger partial charge in [-0.15, -0.1) is 0 Å². The fourth-order valence-electron chi connectivity index (χ4n) is 2.18. The number of nitro benzene ring substituents is 1. The molecule has 98 valence electrons. The Balaban J connectivity index is 2.15. The van der Waals surface area contributed by atoms with Crippen LogP contribution in [0.5, 0.6) is 0 Å². The lowest BCUT2D eigenvalue weighted by atomic mass is 10.1. The molecule has 1 unspecified atom stereocenters. The molecule has 1 aliphatic rings. The largest absolute Gasteiger partial charge is 0.314 e. The normalized spacial score (nSPS) is 20.9. The summed E-state index contributed by atoms with van der Waals surface area (Å²) in [6, 6.07) is 4.10. The second-order valence-corrected chi connectivity index (χ2v) is 4.60. The lowest BCUT2D eigenvalue weighted by Gasteiger charge is -2.33. The van der Waals surface area contributed by atoms with Gasteiger partial charge in [0.15, 0.2) is 0 Å². The first-order chi connectivity index (χ1) is 8.56. The molecule has 0 aromatic heterocycles. The summed E-state index contributed by atoms with van der Waals surface area (Å²) in [5.41, 5.74) is 0.461. The number of nitrogens with zero attached hydrogens (tertiary/aromatic N) is 2. The quantitative estimate of drug-likeness (QED) is 0.655. The number of hydrogen-bond acceptors (Lipinski definition) is 4. The van der Waals surface area contributed by atoms with E-state index in [-0.39, 0.29) is 5.69 Å². The van der Waals surface area contributed by atoms with Gasteiger partial charge in [0, 0.05) is 38.3 Å². The Hall–Kier alpha value is -1.53. The van der Waals surface area contributed by atoms with E-state index in [9.17, 15) is 14.5 Å². The minimum Gasteiger partial charge on any atom is -0.314 e. The Labute approximate surface area is 105 Å². The molecule has 18 heavy (non-hydrogen) atoms. The second-order valence-electron chi connectivity index (χ2n) is 4.60. The number of nitrogens with one attached hydrogen (secondary N) is 1. The standard InChI is InChI=1S/C12H16FN3O2/c1-9-7-14-2-3-15(9)8-10-4-11(13)6-12(5-10)16(17)18/h4-6,9,14H,2-3,7-8H2,1H3. The topological polar surface area (TPSA) is 58.4 Å². The molecule has 0 aliphatic carbocycles. The predicted octanol–water partition coefficient (Wildman–Crippen LogP) is 1.53. The Bertz CT molecular complexity index is 453. The molecule has 1 heterocycles. The van der Waals surface area contributed by atoms with Crippen molar-refractivity contribution < 1.29 is 9.31 Å². The molecule has 0 bridgehead atoms. The molecule has 0 amide bonds. The predicted molar refractivity (Wildman–Crippen MR) is 65.8 cm³/mol. The van der Waals surface area contributed by atoms with Gasteiger partial charge >= 0.3 is 0 Å². The van der Waals surface area contributed by atoms with Crippen molar-refractivity contribution in [3.63, 3.8) is 0 Å². The molecular formula is C12H16FN3O2. The van der Waals surface area contributed by atoms with Crippen molar-refractivity contribution in [2.75, 3.05) is 19.6 Å². The van der Waals surface area contributed by atoms with E-state index in [4.69, 9.17) is 0 Å². The highest BCUT2D eigenvalue weighted by atomic mass is 19.1. The molecule has 0 spiro atoms. The van der Waals surface area contributed by atoms with E-state index in [1.807, 2.05) is 0 Å². The first-order valence-corrected chi connectivity index (χ1v) is 5.95. The molecule has 1 atom stereocenters. The molecule has 6 heteroatoms. The molecule has 1 saturated heterocycles. The van der Waals surface area contributed by atoms with Crippen LogP contribution in [-0.2, 0) is 6.54 Å². The van der Waals surface area contributed by atoms with Gasteiger partial charge in [-0.25, -0.2) is 4.39 Å². The second kappa shape index (κ2) is 5.41. The van der Waals surface area contributed by atoms with E-state index in [1.165, 1.54) is 12.1 Å². The fraction of sp³-hybridized carbons (Fsp3) is 0.500. The highest BCUT2D eigenvalue weighted by Gasteiger charge is 2.19. The molecule has 2 rings (SSSR count). The van der Waals surface area contributed by atoms with E-state index in [0.29, 0.717) is 18.2 Å². The Morgan fingerprint density at radius 3 is 3.00 bits per heavy atom. The summed E-state index contributed by atoms with van der Waals surface area (Å²) in [5, 5.41) is 13.9. The summed E-state index contributed by atoms with van der Waals surface area (Å²) in [6.45, 7) is 5.27. The first-order valence-electron chi connectivity index (χ1n) is 5.95. The van der Waals surface area contributed by atoms with Gasteiger partial charge in [0.25, 0.3) is 5.69 Å². The molecule has 1 N–H and O–H groups in total. The van der Waals surface area contributed by atoms with E-state index in [1.54, 1.807) is 0 Å². The van der Waals surface area contributed by atoms with Crippen molar-refractivity contribution in [1.29, 1.82) is 0 Å². The van der Waals surface area contributed by atoms with E-state index < -0.39 is 10.7 Å². The van der Waals surface area contributed by atoms with Gasteiger partial charge in [-0.3, -0.25) is 15.0 Å². The zero-order chi connectivity index (χ0) is 13.1. The van der Waals surface area contributed by atoms with Crippen LogP contribution in [0.25, 0.3) is 0 Å². The number of halogens is 1. The number of piperazine rings is 1. The van der Waals surface area contributed by atoms with Crippen LogP contribution in [0.3, 0.4) is 0 Å². The van der Waals surface area contributed by atoms with Crippen molar-refractivity contribution >= 4 is 5.69 Å². The Morgan fingerprint density at radius 1 is 1.56 bits per heavy atom. The number of non-ortho nitro benzene ring substituents is 1. The Morgan fingerprint density at radius 2 is 2.33 bits per heavy atom. The minimum absolute atomic E-state index is 0.187. The van der Waals surface area contributed by atoms with Crippen LogP contribution >= 0.6 is 0 Å². The summed E-state index contributed by atoms with van der Waals surface area (Å²) in [6.07, 6.45) is 0. The van der Waals surface area contributed by atoms with Crippen LogP contribution in [0.15, 0.2) is 18.2 Å². The molecule has 0 saturated carbocycles. The monoisotopic (exact) mass is 253 g/mol. The average molecular weight is 253 g/mol. The third-order valence-corrected chi connectivity index (χ3v) is 3.18. The summed E-state index contributed by atoms with van der Waals surface area (Å²) in [4.78, 5) is 12.3. The van der Waals surface area contributed by atoms with Crippen LogP contribution in [0, 0.1) is 15.9 Å². The van der Waals surface area contributed by atoms with Crippen LogP contribution in [-0.4, -0.2) is 35.5 Å². The number of hydrogen-bond donors (Lipinski definition) is 1. The SMILES string of the molecule is CC1CNCCN1Cc1cc(F)cc([N+](=O)[O-])c1. The maximum Gasteiger partial charge on any atom is 0.272 e. The lowest BCUT2D eigenvalue weighted by molar-refractivity contribution is -0.385. The van der Waals surface area contributed by atoms with Crippen molar-refractivity contribution in [1.82, 2.24) is 10.2 Å².